The minimum Gasteiger partial charge on any atom is -0.491 e. The van der Waals surface area contributed by atoms with Crippen molar-refractivity contribution in [3.63, 3.8) is 0 Å². The van der Waals surface area contributed by atoms with Gasteiger partial charge in [-0.2, -0.15) is 5.26 Å². The van der Waals surface area contributed by atoms with Crippen molar-refractivity contribution in [1.82, 2.24) is 5.32 Å². The fourth-order valence-corrected chi connectivity index (χ4v) is 1.76. The molecule has 1 aromatic carbocycles. The number of nitrogens with one attached hydrogen (secondary N) is 1. The van der Waals surface area contributed by atoms with Crippen molar-refractivity contribution in [3.8, 4) is 11.8 Å². The maximum absolute atomic E-state index is 9.06. The molecule has 0 saturated heterocycles. The van der Waals surface area contributed by atoms with Crippen LogP contribution in [0, 0.1) is 11.3 Å². The quantitative estimate of drug-likeness (QED) is 0.731. The van der Waals surface area contributed by atoms with Gasteiger partial charge in [0.05, 0.1) is 18.8 Å². The molecule has 0 amide bonds. The van der Waals surface area contributed by atoms with Crippen molar-refractivity contribution in [3.05, 3.63) is 30.3 Å². The van der Waals surface area contributed by atoms with Crippen molar-refractivity contribution >= 4 is 0 Å². The highest BCUT2D eigenvalue weighted by Crippen LogP contribution is 2.13. The second-order valence-electron chi connectivity index (χ2n) is 4.74. The first-order valence-corrected chi connectivity index (χ1v) is 6.49. The molecular formula is C15H22N2O2. The lowest BCUT2D eigenvalue weighted by molar-refractivity contribution is 0.0303. The molecule has 4 heteroatoms. The first-order valence-electron chi connectivity index (χ1n) is 6.49. The summed E-state index contributed by atoms with van der Waals surface area (Å²) < 4.78 is 11.2. The molecule has 0 radical (unpaired) electrons. The zero-order valence-electron chi connectivity index (χ0n) is 11.8. The van der Waals surface area contributed by atoms with Gasteiger partial charge in [0.1, 0.15) is 17.9 Å². The largest absolute Gasteiger partial charge is 0.491 e. The van der Waals surface area contributed by atoms with E-state index in [-0.39, 0.29) is 6.10 Å². The first-order chi connectivity index (χ1) is 9.09. The summed E-state index contributed by atoms with van der Waals surface area (Å²) in [5.41, 5.74) is -0.542. The number of hydrogen-bond donors (Lipinski definition) is 1. The molecule has 0 saturated carbocycles. The van der Waals surface area contributed by atoms with Crippen LogP contribution in [0.4, 0.5) is 0 Å². The Morgan fingerprint density at radius 3 is 2.58 bits per heavy atom. The van der Waals surface area contributed by atoms with E-state index in [9.17, 15) is 0 Å². The Morgan fingerprint density at radius 1 is 1.32 bits per heavy atom. The number of nitriles is 1. The van der Waals surface area contributed by atoms with Crippen LogP contribution in [0.3, 0.4) is 0 Å². The van der Waals surface area contributed by atoms with E-state index in [1.54, 1.807) is 7.05 Å². The Bertz CT molecular complexity index is 402. The predicted molar refractivity (Wildman–Crippen MR) is 75.0 cm³/mol. The zero-order chi connectivity index (χ0) is 14.1. The highest BCUT2D eigenvalue weighted by molar-refractivity contribution is 5.20. The fraction of sp³-hybridized carbons (Fsp3) is 0.533. The van der Waals surface area contributed by atoms with Gasteiger partial charge in [0, 0.05) is 6.42 Å². The predicted octanol–water partition coefficient (Wildman–Crippen LogP) is 2.36. The summed E-state index contributed by atoms with van der Waals surface area (Å²) in [7, 11) is 1.79. The second-order valence-corrected chi connectivity index (χ2v) is 4.74. The summed E-state index contributed by atoms with van der Waals surface area (Å²) in [5.74, 6) is 0.843. The Hall–Kier alpha value is -1.57. The van der Waals surface area contributed by atoms with E-state index in [1.165, 1.54) is 0 Å². The smallest absolute Gasteiger partial charge is 0.119 e. The maximum Gasteiger partial charge on any atom is 0.119 e. The number of benzene rings is 1. The van der Waals surface area contributed by atoms with Crippen molar-refractivity contribution < 1.29 is 9.47 Å². The van der Waals surface area contributed by atoms with Crippen LogP contribution in [-0.2, 0) is 4.74 Å². The summed E-state index contributed by atoms with van der Waals surface area (Å²) in [4.78, 5) is 0. The van der Waals surface area contributed by atoms with E-state index in [0.29, 0.717) is 19.6 Å². The zero-order valence-corrected chi connectivity index (χ0v) is 11.8. The van der Waals surface area contributed by atoms with Crippen LogP contribution in [-0.4, -0.2) is 31.9 Å². The SMILES string of the molecule is CNC(C)(C#N)CC(C)OCCOc1ccccc1. The third-order valence-corrected chi connectivity index (χ3v) is 2.99. The van der Waals surface area contributed by atoms with E-state index in [4.69, 9.17) is 14.7 Å². The minimum absolute atomic E-state index is 0.0106. The molecule has 2 unspecified atom stereocenters. The molecule has 0 spiro atoms. The van der Waals surface area contributed by atoms with Gasteiger partial charge in [0.15, 0.2) is 0 Å². The molecule has 2 atom stereocenters. The third kappa shape index (κ3) is 5.73. The monoisotopic (exact) mass is 262 g/mol. The highest BCUT2D eigenvalue weighted by atomic mass is 16.5. The van der Waals surface area contributed by atoms with Gasteiger partial charge in [0.2, 0.25) is 0 Å². The van der Waals surface area contributed by atoms with Crippen molar-refractivity contribution in [2.24, 2.45) is 0 Å². The molecule has 0 aromatic heterocycles. The van der Waals surface area contributed by atoms with E-state index >= 15 is 0 Å². The summed E-state index contributed by atoms with van der Waals surface area (Å²) in [5, 5.41) is 12.1. The van der Waals surface area contributed by atoms with Crippen LogP contribution in [0.15, 0.2) is 30.3 Å². The molecule has 0 aliphatic rings. The van der Waals surface area contributed by atoms with Gasteiger partial charge in [-0.25, -0.2) is 0 Å². The lowest BCUT2D eigenvalue weighted by atomic mass is 9.97. The average Bonchev–Trinajstić information content (AvgIpc) is 2.44. The molecule has 1 rings (SSSR count). The van der Waals surface area contributed by atoms with Crippen LogP contribution in [0.2, 0.25) is 0 Å². The summed E-state index contributed by atoms with van der Waals surface area (Å²) in [6, 6.07) is 11.9. The molecule has 4 nitrogen and oxygen atoms in total. The van der Waals surface area contributed by atoms with E-state index in [1.807, 2.05) is 44.2 Å². The van der Waals surface area contributed by atoms with E-state index in [2.05, 4.69) is 11.4 Å². The standard InChI is InChI=1S/C15H22N2O2/c1-13(11-15(2,12-16)17-3)18-9-10-19-14-7-5-4-6-8-14/h4-8,13,17H,9-11H2,1-3H3. The van der Waals surface area contributed by atoms with Crippen LogP contribution in [0.1, 0.15) is 20.3 Å². The Morgan fingerprint density at radius 2 is 2.00 bits per heavy atom. The van der Waals surface area contributed by atoms with Gasteiger partial charge in [0.25, 0.3) is 0 Å². The number of rotatable bonds is 8. The average molecular weight is 262 g/mol. The van der Waals surface area contributed by atoms with Crippen molar-refractivity contribution in [1.29, 1.82) is 5.26 Å². The summed E-state index contributed by atoms with van der Waals surface area (Å²) in [6.07, 6.45) is 0.655. The number of ether oxygens (including phenoxy) is 2. The van der Waals surface area contributed by atoms with Crippen molar-refractivity contribution in [2.45, 2.75) is 31.9 Å². The number of nitrogens with zero attached hydrogens (tertiary/aromatic N) is 1. The summed E-state index contributed by atoms with van der Waals surface area (Å²) >= 11 is 0. The van der Waals surface area contributed by atoms with E-state index < -0.39 is 5.54 Å². The van der Waals surface area contributed by atoms with Crippen LogP contribution in [0.5, 0.6) is 5.75 Å². The molecule has 0 bridgehead atoms. The summed E-state index contributed by atoms with van der Waals surface area (Å²) in [6.45, 7) is 4.86. The molecule has 1 aromatic rings. The minimum atomic E-state index is -0.542. The Balaban J connectivity index is 2.21. The maximum atomic E-state index is 9.06. The second kappa shape index (κ2) is 7.78. The lowest BCUT2D eigenvalue weighted by Gasteiger charge is -2.24. The topological polar surface area (TPSA) is 54.3 Å². The van der Waals surface area contributed by atoms with Gasteiger partial charge < -0.3 is 14.8 Å². The molecule has 1 N–H and O–H groups in total. The van der Waals surface area contributed by atoms with Gasteiger partial charge in [-0.1, -0.05) is 18.2 Å². The normalized spacial score (nSPS) is 15.3. The highest BCUT2D eigenvalue weighted by Gasteiger charge is 2.24. The molecular weight excluding hydrogens is 240 g/mol. The van der Waals surface area contributed by atoms with Gasteiger partial charge in [-0.3, -0.25) is 0 Å². The van der Waals surface area contributed by atoms with Gasteiger partial charge >= 0.3 is 0 Å². The molecule has 0 fully saturated rings. The molecule has 0 aliphatic carbocycles. The van der Waals surface area contributed by atoms with Gasteiger partial charge in [-0.05, 0) is 33.0 Å². The number of hydrogen-bond acceptors (Lipinski definition) is 4. The van der Waals surface area contributed by atoms with Crippen LogP contribution < -0.4 is 10.1 Å². The molecule has 19 heavy (non-hydrogen) atoms. The number of para-hydroxylation sites is 1. The van der Waals surface area contributed by atoms with Crippen molar-refractivity contribution in [2.75, 3.05) is 20.3 Å². The lowest BCUT2D eigenvalue weighted by Crippen LogP contribution is -2.41. The molecule has 104 valence electrons. The Kier molecular flexibility index (Phi) is 6.34. The van der Waals surface area contributed by atoms with Crippen LogP contribution in [0.25, 0.3) is 0 Å². The third-order valence-electron chi connectivity index (χ3n) is 2.99. The fourth-order valence-electron chi connectivity index (χ4n) is 1.76. The van der Waals surface area contributed by atoms with Gasteiger partial charge in [-0.15, -0.1) is 0 Å². The molecule has 0 heterocycles. The Labute approximate surface area is 115 Å². The first kappa shape index (κ1) is 15.5. The van der Waals surface area contributed by atoms with E-state index in [0.717, 1.165) is 5.75 Å². The molecule has 0 aliphatic heterocycles. The van der Waals surface area contributed by atoms with Crippen LogP contribution >= 0.6 is 0 Å².